The van der Waals surface area contributed by atoms with Crippen LogP contribution in [0.25, 0.3) is 21.2 Å². The van der Waals surface area contributed by atoms with Crippen LogP contribution in [-0.2, 0) is 0 Å². The van der Waals surface area contributed by atoms with Gasteiger partial charge in [-0.1, -0.05) is 35.6 Å². The number of para-hydroxylation sites is 1. The molecule has 0 atom stereocenters. The Bertz CT molecular complexity index is 1310. The molecule has 2 aromatic carbocycles. The molecule has 0 bridgehead atoms. The molecule has 4 aromatic rings. The highest BCUT2D eigenvalue weighted by molar-refractivity contribution is 7.22. The molecular weight excluding hydrogens is 434 g/mol. The molecule has 0 aliphatic heterocycles. The summed E-state index contributed by atoms with van der Waals surface area (Å²) in [4.78, 5) is 34.4. The highest BCUT2D eigenvalue weighted by atomic mass is 35.5. The minimum atomic E-state index is -0.637. The van der Waals surface area contributed by atoms with Gasteiger partial charge in [0.15, 0.2) is 5.13 Å². The predicted octanol–water partition coefficient (Wildman–Crippen LogP) is 4.65. The highest BCUT2D eigenvalue weighted by Crippen LogP contribution is 2.32. The second-order valence-electron chi connectivity index (χ2n) is 7.60. The SMILES string of the molecule is Cc1ccc2sc(N(CCN(C)C)C(=O)c3cc4ccccc4oc3=O)nc2c1C.Cl. The number of nitrogens with zero attached hydrogens (tertiary/aromatic N) is 3. The summed E-state index contributed by atoms with van der Waals surface area (Å²) in [6.45, 7) is 5.13. The molecule has 1 amide bonds. The average Bonchev–Trinajstić information content (AvgIpc) is 3.14. The number of carbonyl (C=O) groups excluding carboxylic acids is 1. The van der Waals surface area contributed by atoms with Gasteiger partial charge in [-0.3, -0.25) is 9.69 Å². The minimum Gasteiger partial charge on any atom is -0.422 e. The van der Waals surface area contributed by atoms with Gasteiger partial charge < -0.3 is 9.32 Å². The van der Waals surface area contributed by atoms with Crippen molar-refractivity contribution >= 4 is 56.0 Å². The van der Waals surface area contributed by atoms with E-state index < -0.39 is 11.5 Å². The van der Waals surface area contributed by atoms with E-state index in [1.165, 1.54) is 11.3 Å². The van der Waals surface area contributed by atoms with Crippen molar-refractivity contribution in [2.75, 3.05) is 32.1 Å². The minimum absolute atomic E-state index is 0. The van der Waals surface area contributed by atoms with Crippen molar-refractivity contribution in [1.29, 1.82) is 0 Å². The third kappa shape index (κ3) is 4.49. The maximum atomic E-state index is 13.5. The van der Waals surface area contributed by atoms with Crippen molar-refractivity contribution in [1.82, 2.24) is 9.88 Å². The summed E-state index contributed by atoms with van der Waals surface area (Å²) < 4.78 is 6.40. The Morgan fingerprint density at radius 1 is 1.10 bits per heavy atom. The summed E-state index contributed by atoms with van der Waals surface area (Å²) in [6.07, 6.45) is 0. The first-order chi connectivity index (χ1) is 14.3. The van der Waals surface area contributed by atoms with E-state index in [0.29, 0.717) is 29.2 Å². The van der Waals surface area contributed by atoms with Crippen LogP contribution in [0.4, 0.5) is 5.13 Å². The molecule has 2 heterocycles. The molecule has 0 saturated heterocycles. The van der Waals surface area contributed by atoms with E-state index in [1.54, 1.807) is 23.1 Å². The Labute approximate surface area is 190 Å². The van der Waals surface area contributed by atoms with Gasteiger partial charge in [-0.2, -0.15) is 0 Å². The fourth-order valence-corrected chi connectivity index (χ4v) is 4.32. The van der Waals surface area contributed by atoms with Crippen LogP contribution in [-0.4, -0.2) is 43.0 Å². The van der Waals surface area contributed by atoms with Gasteiger partial charge in [-0.25, -0.2) is 9.78 Å². The molecular formula is C23H24ClN3O3S. The maximum absolute atomic E-state index is 13.5. The van der Waals surface area contributed by atoms with Gasteiger partial charge in [-0.15, -0.1) is 12.4 Å². The molecule has 4 rings (SSSR count). The van der Waals surface area contributed by atoms with E-state index in [9.17, 15) is 9.59 Å². The molecule has 0 aliphatic rings. The lowest BCUT2D eigenvalue weighted by Crippen LogP contribution is -2.38. The number of amides is 1. The van der Waals surface area contributed by atoms with Crippen LogP contribution in [0.5, 0.6) is 0 Å². The van der Waals surface area contributed by atoms with Gasteiger partial charge in [0.25, 0.3) is 5.91 Å². The summed E-state index contributed by atoms with van der Waals surface area (Å²) in [7, 11) is 3.89. The lowest BCUT2D eigenvalue weighted by Gasteiger charge is -2.21. The van der Waals surface area contributed by atoms with Gasteiger partial charge in [0, 0.05) is 18.5 Å². The van der Waals surface area contributed by atoms with Crippen molar-refractivity contribution in [3.8, 4) is 0 Å². The quantitative estimate of drug-likeness (QED) is 0.408. The number of benzene rings is 2. The van der Waals surface area contributed by atoms with Crippen molar-refractivity contribution in [3.05, 3.63) is 69.6 Å². The van der Waals surface area contributed by atoms with Crippen LogP contribution in [0.15, 0.2) is 51.7 Å². The number of anilines is 1. The van der Waals surface area contributed by atoms with Crippen LogP contribution in [0.1, 0.15) is 21.5 Å². The Balaban J connectivity index is 0.00000272. The second kappa shape index (κ2) is 9.18. The number of fused-ring (bicyclic) bond motifs is 2. The molecule has 0 aliphatic carbocycles. The molecule has 31 heavy (non-hydrogen) atoms. The Morgan fingerprint density at radius 3 is 2.58 bits per heavy atom. The number of aryl methyl sites for hydroxylation is 2. The van der Waals surface area contributed by atoms with E-state index in [4.69, 9.17) is 9.40 Å². The Kier molecular flexibility index (Phi) is 6.79. The molecule has 0 N–H and O–H groups in total. The maximum Gasteiger partial charge on any atom is 0.349 e. The summed E-state index contributed by atoms with van der Waals surface area (Å²) >= 11 is 1.46. The number of thiazole rings is 1. The number of likely N-dealkylation sites (N-methyl/N-ethyl adjacent to an activating group) is 1. The molecule has 162 valence electrons. The lowest BCUT2D eigenvalue weighted by molar-refractivity contribution is 0.0982. The molecule has 2 aromatic heterocycles. The number of halogens is 1. The fourth-order valence-electron chi connectivity index (χ4n) is 3.27. The van der Waals surface area contributed by atoms with E-state index in [-0.39, 0.29) is 18.0 Å². The topological polar surface area (TPSA) is 66.7 Å². The third-order valence-corrected chi connectivity index (χ3v) is 6.24. The molecule has 6 nitrogen and oxygen atoms in total. The van der Waals surface area contributed by atoms with Crippen LogP contribution < -0.4 is 10.5 Å². The van der Waals surface area contributed by atoms with E-state index in [0.717, 1.165) is 21.3 Å². The molecule has 0 spiro atoms. The van der Waals surface area contributed by atoms with Crippen molar-refractivity contribution in [2.45, 2.75) is 13.8 Å². The first-order valence-electron chi connectivity index (χ1n) is 9.71. The summed E-state index contributed by atoms with van der Waals surface area (Å²) in [6, 6.07) is 12.9. The number of hydrogen-bond acceptors (Lipinski definition) is 6. The zero-order valence-corrected chi connectivity index (χ0v) is 19.5. The smallest absolute Gasteiger partial charge is 0.349 e. The zero-order chi connectivity index (χ0) is 21.4. The summed E-state index contributed by atoms with van der Waals surface area (Å²) in [5.41, 5.74) is 2.98. The number of rotatable bonds is 5. The van der Waals surface area contributed by atoms with Crippen LogP contribution in [0, 0.1) is 13.8 Å². The average molecular weight is 458 g/mol. The summed E-state index contributed by atoms with van der Waals surface area (Å²) in [5, 5.41) is 1.29. The molecule has 0 radical (unpaired) electrons. The van der Waals surface area contributed by atoms with Gasteiger partial charge in [0.2, 0.25) is 0 Å². The normalized spacial score (nSPS) is 11.1. The first kappa shape index (κ1) is 22.9. The molecule has 0 fully saturated rings. The fraction of sp³-hybridized carbons (Fsp3) is 0.261. The lowest BCUT2D eigenvalue weighted by atomic mass is 10.1. The van der Waals surface area contributed by atoms with Crippen molar-refractivity contribution < 1.29 is 9.21 Å². The predicted molar refractivity (Wildman–Crippen MR) is 129 cm³/mol. The number of aromatic nitrogens is 1. The van der Waals surface area contributed by atoms with Gasteiger partial charge in [0.05, 0.1) is 10.2 Å². The van der Waals surface area contributed by atoms with Crippen molar-refractivity contribution in [3.63, 3.8) is 0 Å². The highest BCUT2D eigenvalue weighted by Gasteiger charge is 2.25. The second-order valence-corrected chi connectivity index (χ2v) is 8.61. The Morgan fingerprint density at radius 2 is 1.84 bits per heavy atom. The molecule has 0 unspecified atom stereocenters. The van der Waals surface area contributed by atoms with Gasteiger partial charge in [-0.05, 0) is 57.3 Å². The van der Waals surface area contributed by atoms with Crippen LogP contribution in [0.3, 0.4) is 0 Å². The largest absolute Gasteiger partial charge is 0.422 e. The Hall–Kier alpha value is -2.74. The molecule has 8 heteroatoms. The third-order valence-electron chi connectivity index (χ3n) is 5.19. The standard InChI is InChI=1S/C23H23N3O3S.ClH/c1-14-9-10-19-20(15(14)2)24-23(30-19)26(12-11-25(3)4)21(27)17-13-16-7-5-6-8-18(16)29-22(17)28;/h5-10,13H,11-12H2,1-4H3;1H. The molecule has 0 saturated carbocycles. The first-order valence-corrected chi connectivity index (χ1v) is 10.5. The van der Waals surface area contributed by atoms with E-state index in [1.807, 2.05) is 51.0 Å². The van der Waals surface area contributed by atoms with E-state index in [2.05, 4.69) is 6.07 Å². The number of carbonyl (C=O) groups is 1. The summed E-state index contributed by atoms with van der Waals surface area (Å²) in [5.74, 6) is -0.398. The monoisotopic (exact) mass is 457 g/mol. The van der Waals surface area contributed by atoms with E-state index >= 15 is 0 Å². The van der Waals surface area contributed by atoms with Gasteiger partial charge in [0.1, 0.15) is 11.1 Å². The van der Waals surface area contributed by atoms with Crippen LogP contribution >= 0.6 is 23.7 Å². The van der Waals surface area contributed by atoms with Crippen LogP contribution in [0.2, 0.25) is 0 Å². The zero-order valence-electron chi connectivity index (χ0n) is 17.8. The van der Waals surface area contributed by atoms with Gasteiger partial charge >= 0.3 is 5.63 Å². The van der Waals surface area contributed by atoms with Crippen molar-refractivity contribution in [2.24, 2.45) is 0 Å². The number of hydrogen-bond donors (Lipinski definition) is 0.